The minimum atomic E-state index is -1.01. The first kappa shape index (κ1) is 22.1. The van der Waals surface area contributed by atoms with Crippen molar-refractivity contribution in [1.82, 2.24) is 0 Å². The molecule has 0 saturated carbocycles. The van der Waals surface area contributed by atoms with E-state index in [1.165, 1.54) is 11.3 Å². The number of ether oxygens (including phenoxy) is 1. The second-order valence-corrected chi connectivity index (χ2v) is 8.56. The molecule has 1 amide bonds. The monoisotopic (exact) mass is 447 g/mol. The molecule has 3 rings (SSSR count). The van der Waals surface area contributed by atoms with E-state index in [-0.39, 0.29) is 11.7 Å². The Labute approximate surface area is 183 Å². The quantitative estimate of drug-likeness (QED) is 0.466. The fourth-order valence-corrected chi connectivity index (χ4v) is 4.57. The Morgan fingerprint density at radius 2 is 1.80 bits per heavy atom. The SMILES string of the molecule is CC(C)OC(=O)c1c(-c2ccccc2Cl)csc1NC(=O)[C@H]1CC=CC[C@@H]1C(=O)O. The Hall–Kier alpha value is -2.64. The van der Waals surface area contributed by atoms with Gasteiger partial charge in [0.2, 0.25) is 5.91 Å². The van der Waals surface area contributed by atoms with Gasteiger partial charge in [0, 0.05) is 21.5 Å². The van der Waals surface area contributed by atoms with Crippen LogP contribution in [-0.4, -0.2) is 29.1 Å². The molecular formula is C22H22ClNO5S. The van der Waals surface area contributed by atoms with E-state index in [4.69, 9.17) is 16.3 Å². The molecule has 30 heavy (non-hydrogen) atoms. The molecule has 1 heterocycles. The van der Waals surface area contributed by atoms with E-state index in [1.54, 1.807) is 55.6 Å². The molecule has 0 radical (unpaired) electrons. The first-order chi connectivity index (χ1) is 14.3. The van der Waals surface area contributed by atoms with Crippen molar-refractivity contribution in [1.29, 1.82) is 0 Å². The lowest BCUT2D eigenvalue weighted by atomic mass is 9.82. The number of amides is 1. The van der Waals surface area contributed by atoms with E-state index in [9.17, 15) is 19.5 Å². The highest BCUT2D eigenvalue weighted by atomic mass is 35.5. The zero-order valence-corrected chi connectivity index (χ0v) is 18.1. The highest BCUT2D eigenvalue weighted by molar-refractivity contribution is 7.15. The Balaban J connectivity index is 1.97. The topological polar surface area (TPSA) is 92.7 Å². The molecule has 0 saturated heterocycles. The van der Waals surface area contributed by atoms with Gasteiger partial charge in [-0.25, -0.2) is 4.79 Å². The maximum Gasteiger partial charge on any atom is 0.342 e. The molecule has 158 valence electrons. The fraction of sp³-hybridized carbons (Fsp3) is 0.318. The second-order valence-electron chi connectivity index (χ2n) is 7.27. The number of esters is 1. The van der Waals surface area contributed by atoms with Gasteiger partial charge in [-0.15, -0.1) is 11.3 Å². The summed E-state index contributed by atoms with van der Waals surface area (Å²) >= 11 is 7.50. The first-order valence-electron chi connectivity index (χ1n) is 9.55. The maximum absolute atomic E-state index is 12.9. The number of thiophene rings is 1. The number of benzene rings is 1. The maximum atomic E-state index is 12.9. The minimum Gasteiger partial charge on any atom is -0.481 e. The summed E-state index contributed by atoms with van der Waals surface area (Å²) in [4.78, 5) is 37.3. The van der Waals surface area contributed by atoms with E-state index in [0.717, 1.165) is 0 Å². The van der Waals surface area contributed by atoms with Gasteiger partial charge in [0.1, 0.15) is 10.6 Å². The van der Waals surface area contributed by atoms with Crippen LogP contribution in [-0.2, 0) is 14.3 Å². The summed E-state index contributed by atoms with van der Waals surface area (Å²) in [7, 11) is 0. The van der Waals surface area contributed by atoms with Crippen molar-refractivity contribution < 1.29 is 24.2 Å². The van der Waals surface area contributed by atoms with Gasteiger partial charge in [-0.3, -0.25) is 9.59 Å². The van der Waals surface area contributed by atoms with Crippen molar-refractivity contribution in [2.75, 3.05) is 5.32 Å². The highest BCUT2D eigenvalue weighted by Gasteiger charge is 2.35. The summed E-state index contributed by atoms with van der Waals surface area (Å²) in [6.07, 6.45) is 3.86. The molecule has 2 atom stereocenters. The molecule has 1 aromatic carbocycles. The van der Waals surface area contributed by atoms with Crippen LogP contribution in [0, 0.1) is 11.8 Å². The zero-order chi connectivity index (χ0) is 21.8. The van der Waals surface area contributed by atoms with Gasteiger partial charge in [-0.1, -0.05) is 42.0 Å². The lowest BCUT2D eigenvalue weighted by Crippen LogP contribution is -2.34. The van der Waals surface area contributed by atoms with E-state index < -0.39 is 29.7 Å². The Morgan fingerprint density at radius 3 is 2.43 bits per heavy atom. The Kier molecular flexibility index (Phi) is 6.95. The van der Waals surface area contributed by atoms with E-state index >= 15 is 0 Å². The van der Waals surface area contributed by atoms with Crippen molar-refractivity contribution in [3.63, 3.8) is 0 Å². The van der Waals surface area contributed by atoms with Crippen molar-refractivity contribution >= 4 is 45.8 Å². The van der Waals surface area contributed by atoms with Crippen molar-refractivity contribution in [2.24, 2.45) is 11.8 Å². The van der Waals surface area contributed by atoms with E-state index in [1.807, 2.05) is 0 Å². The summed E-state index contributed by atoms with van der Waals surface area (Å²) in [5.41, 5.74) is 1.42. The summed E-state index contributed by atoms with van der Waals surface area (Å²) < 4.78 is 5.39. The summed E-state index contributed by atoms with van der Waals surface area (Å²) in [5.74, 6) is -3.54. The molecule has 6 nitrogen and oxygen atoms in total. The molecule has 0 spiro atoms. The predicted octanol–water partition coefficient (Wildman–Crippen LogP) is 5.24. The van der Waals surface area contributed by atoms with Crippen LogP contribution in [0.3, 0.4) is 0 Å². The highest BCUT2D eigenvalue weighted by Crippen LogP contribution is 2.40. The number of rotatable bonds is 6. The average molecular weight is 448 g/mol. The molecule has 1 aliphatic rings. The molecule has 8 heteroatoms. The standard InChI is InChI=1S/C22H22ClNO5S/c1-12(2)29-22(28)18-16(13-7-5-6-10-17(13)23)11-30-20(18)24-19(25)14-8-3-4-9-15(14)21(26)27/h3-7,10-12,14-15H,8-9H2,1-2H3,(H,24,25)(H,26,27)/t14-,15-/m0/s1. The average Bonchev–Trinajstić information content (AvgIpc) is 3.11. The lowest BCUT2D eigenvalue weighted by Gasteiger charge is -2.24. The first-order valence-corrected chi connectivity index (χ1v) is 10.8. The Morgan fingerprint density at radius 1 is 1.13 bits per heavy atom. The second kappa shape index (κ2) is 9.45. The van der Waals surface area contributed by atoms with Gasteiger partial charge < -0.3 is 15.2 Å². The van der Waals surface area contributed by atoms with Gasteiger partial charge in [0.05, 0.1) is 17.9 Å². The Bertz CT molecular complexity index is 997. The molecular weight excluding hydrogens is 426 g/mol. The smallest absolute Gasteiger partial charge is 0.342 e. The molecule has 0 unspecified atom stereocenters. The fourth-order valence-electron chi connectivity index (χ4n) is 3.38. The minimum absolute atomic E-state index is 0.216. The van der Waals surface area contributed by atoms with Crippen LogP contribution in [0.5, 0.6) is 0 Å². The largest absolute Gasteiger partial charge is 0.481 e. The van der Waals surface area contributed by atoms with Crippen LogP contribution < -0.4 is 5.32 Å². The van der Waals surface area contributed by atoms with Crippen molar-refractivity contribution in [3.8, 4) is 11.1 Å². The summed E-state index contributed by atoms with van der Waals surface area (Å²) in [6, 6.07) is 7.10. The third-order valence-corrected chi connectivity index (χ3v) is 6.05. The third kappa shape index (κ3) is 4.74. The van der Waals surface area contributed by atoms with Crippen LogP contribution in [0.15, 0.2) is 41.8 Å². The van der Waals surface area contributed by atoms with Crippen molar-refractivity contribution in [3.05, 3.63) is 52.4 Å². The number of aliphatic carboxylic acids is 1. The number of halogens is 1. The molecule has 1 aliphatic carbocycles. The molecule has 2 N–H and O–H groups in total. The number of carboxylic acid groups (broad SMARTS) is 1. The van der Waals surface area contributed by atoms with Gasteiger partial charge >= 0.3 is 11.9 Å². The summed E-state index contributed by atoms with van der Waals surface area (Å²) in [6.45, 7) is 3.48. The number of nitrogens with one attached hydrogen (secondary N) is 1. The van der Waals surface area contributed by atoms with Gasteiger partial charge in [-0.2, -0.15) is 0 Å². The van der Waals surface area contributed by atoms with E-state index in [0.29, 0.717) is 34.0 Å². The normalized spacial score (nSPS) is 18.3. The zero-order valence-electron chi connectivity index (χ0n) is 16.6. The summed E-state index contributed by atoms with van der Waals surface area (Å²) in [5, 5.41) is 14.7. The van der Waals surface area contributed by atoms with Crippen LogP contribution in [0.25, 0.3) is 11.1 Å². The molecule has 0 aliphatic heterocycles. The van der Waals surface area contributed by atoms with Crippen LogP contribution >= 0.6 is 22.9 Å². The van der Waals surface area contributed by atoms with Crippen LogP contribution in [0.1, 0.15) is 37.0 Å². The van der Waals surface area contributed by atoms with Crippen LogP contribution in [0.4, 0.5) is 5.00 Å². The van der Waals surface area contributed by atoms with Crippen LogP contribution in [0.2, 0.25) is 5.02 Å². The van der Waals surface area contributed by atoms with Gasteiger partial charge in [0.15, 0.2) is 0 Å². The van der Waals surface area contributed by atoms with Gasteiger partial charge in [0.25, 0.3) is 0 Å². The number of anilines is 1. The number of hydrogen-bond acceptors (Lipinski definition) is 5. The number of carboxylic acids is 1. The molecule has 0 bridgehead atoms. The van der Waals surface area contributed by atoms with E-state index in [2.05, 4.69) is 5.32 Å². The predicted molar refractivity (Wildman–Crippen MR) is 117 cm³/mol. The molecule has 2 aromatic rings. The number of carbonyl (C=O) groups excluding carboxylic acids is 2. The lowest BCUT2D eigenvalue weighted by molar-refractivity contribution is -0.146. The third-order valence-electron chi connectivity index (χ3n) is 4.83. The number of carbonyl (C=O) groups is 3. The number of allylic oxidation sites excluding steroid dienone is 2. The number of hydrogen-bond donors (Lipinski definition) is 2. The molecule has 0 fully saturated rings. The van der Waals surface area contributed by atoms with Gasteiger partial charge in [-0.05, 0) is 32.8 Å². The molecule has 1 aromatic heterocycles. The van der Waals surface area contributed by atoms with Crippen molar-refractivity contribution in [2.45, 2.75) is 32.8 Å².